The van der Waals surface area contributed by atoms with Crippen molar-refractivity contribution in [3.8, 4) is 11.5 Å². The van der Waals surface area contributed by atoms with Crippen LogP contribution in [0.15, 0.2) is 47.6 Å². The van der Waals surface area contributed by atoms with Crippen LogP contribution in [0.1, 0.15) is 28.8 Å². The molecule has 0 heterocycles. The number of aromatic hydroxyl groups is 1. The molecule has 2 aromatic carbocycles. The van der Waals surface area contributed by atoms with Gasteiger partial charge in [-0.2, -0.15) is 5.10 Å². The third-order valence-electron chi connectivity index (χ3n) is 3.95. The molecule has 3 rings (SSSR count). The Hall–Kier alpha value is -3.35. The van der Waals surface area contributed by atoms with Crippen LogP contribution in [0.2, 0.25) is 0 Å². The summed E-state index contributed by atoms with van der Waals surface area (Å²) in [5.41, 5.74) is 4.18. The molecule has 7 heteroatoms. The van der Waals surface area contributed by atoms with E-state index in [1.807, 2.05) is 0 Å². The van der Waals surface area contributed by atoms with Gasteiger partial charge in [0.05, 0.1) is 13.3 Å². The molecular formula is C19H19N3O4. The number of anilines is 1. The first-order valence-corrected chi connectivity index (χ1v) is 8.18. The zero-order valence-electron chi connectivity index (χ0n) is 14.2. The molecule has 3 N–H and O–H groups in total. The molecule has 0 saturated heterocycles. The summed E-state index contributed by atoms with van der Waals surface area (Å²) < 4.78 is 5.01. The van der Waals surface area contributed by atoms with Crippen molar-refractivity contribution in [2.24, 2.45) is 11.0 Å². The van der Waals surface area contributed by atoms with E-state index in [1.54, 1.807) is 36.4 Å². The van der Waals surface area contributed by atoms with Crippen LogP contribution in [-0.4, -0.2) is 30.2 Å². The average Bonchev–Trinajstić information content (AvgIpc) is 3.49. The van der Waals surface area contributed by atoms with Gasteiger partial charge in [0.2, 0.25) is 5.91 Å². The number of benzene rings is 2. The molecule has 1 fully saturated rings. The van der Waals surface area contributed by atoms with Gasteiger partial charge in [-0.15, -0.1) is 0 Å². The number of hydrogen-bond acceptors (Lipinski definition) is 5. The van der Waals surface area contributed by atoms with Crippen molar-refractivity contribution in [3.63, 3.8) is 0 Å². The summed E-state index contributed by atoms with van der Waals surface area (Å²) in [6, 6.07) is 11.3. The Labute approximate surface area is 150 Å². The monoisotopic (exact) mass is 353 g/mol. The Kier molecular flexibility index (Phi) is 5.17. The zero-order chi connectivity index (χ0) is 18.5. The molecule has 134 valence electrons. The number of rotatable bonds is 6. The Bertz CT molecular complexity index is 842. The highest BCUT2D eigenvalue weighted by molar-refractivity contribution is 5.97. The second-order valence-electron chi connectivity index (χ2n) is 5.97. The number of phenols is 1. The highest BCUT2D eigenvalue weighted by Crippen LogP contribution is 2.30. The van der Waals surface area contributed by atoms with E-state index in [1.165, 1.54) is 19.4 Å². The van der Waals surface area contributed by atoms with Gasteiger partial charge >= 0.3 is 0 Å². The molecule has 0 radical (unpaired) electrons. The van der Waals surface area contributed by atoms with E-state index in [9.17, 15) is 14.7 Å². The number of hydrazone groups is 1. The minimum absolute atomic E-state index is 0.0242. The van der Waals surface area contributed by atoms with Crippen LogP contribution >= 0.6 is 0 Å². The van der Waals surface area contributed by atoms with Crippen LogP contribution in [0.25, 0.3) is 0 Å². The SMILES string of the molecule is COc1cc(C=NNC(=O)c2ccc(NC(=O)C3CC3)cc2)ccc1O. The van der Waals surface area contributed by atoms with Crippen molar-refractivity contribution in [2.75, 3.05) is 12.4 Å². The Balaban J connectivity index is 1.56. The number of hydrogen-bond donors (Lipinski definition) is 3. The van der Waals surface area contributed by atoms with E-state index >= 15 is 0 Å². The van der Waals surface area contributed by atoms with Gasteiger partial charge in [-0.25, -0.2) is 5.43 Å². The third kappa shape index (κ3) is 4.38. The van der Waals surface area contributed by atoms with Crippen molar-refractivity contribution in [2.45, 2.75) is 12.8 Å². The molecule has 0 spiro atoms. The van der Waals surface area contributed by atoms with Crippen LogP contribution in [0, 0.1) is 5.92 Å². The van der Waals surface area contributed by atoms with Gasteiger partial charge in [0.1, 0.15) is 0 Å². The minimum Gasteiger partial charge on any atom is -0.504 e. The van der Waals surface area contributed by atoms with Crippen LogP contribution < -0.4 is 15.5 Å². The Morgan fingerprint density at radius 2 is 1.92 bits per heavy atom. The maximum Gasteiger partial charge on any atom is 0.271 e. The van der Waals surface area contributed by atoms with Gasteiger partial charge in [-0.05, 0) is 60.9 Å². The molecule has 2 amide bonds. The highest BCUT2D eigenvalue weighted by atomic mass is 16.5. The largest absolute Gasteiger partial charge is 0.504 e. The molecule has 0 aromatic heterocycles. The lowest BCUT2D eigenvalue weighted by Crippen LogP contribution is -2.18. The van der Waals surface area contributed by atoms with Crippen molar-refractivity contribution in [1.29, 1.82) is 0 Å². The lowest BCUT2D eigenvalue weighted by atomic mass is 10.2. The van der Waals surface area contributed by atoms with E-state index in [2.05, 4.69) is 15.8 Å². The van der Waals surface area contributed by atoms with Crippen molar-refractivity contribution >= 4 is 23.7 Å². The summed E-state index contributed by atoms with van der Waals surface area (Å²) in [5, 5.41) is 16.3. The number of carbonyl (C=O) groups excluding carboxylic acids is 2. The second kappa shape index (κ2) is 7.69. The molecule has 7 nitrogen and oxygen atoms in total. The summed E-state index contributed by atoms with van der Waals surface area (Å²) in [5.74, 6) is 0.140. The fraction of sp³-hybridized carbons (Fsp3) is 0.211. The predicted octanol–water partition coefficient (Wildman–Crippen LogP) is 2.51. The molecule has 0 atom stereocenters. The first kappa shape index (κ1) is 17.5. The number of carbonyl (C=O) groups is 2. The minimum atomic E-state index is -0.368. The highest BCUT2D eigenvalue weighted by Gasteiger charge is 2.29. The number of nitrogens with one attached hydrogen (secondary N) is 2. The van der Waals surface area contributed by atoms with Crippen LogP contribution in [0.5, 0.6) is 11.5 Å². The topological polar surface area (TPSA) is 100 Å². The van der Waals surface area contributed by atoms with E-state index in [-0.39, 0.29) is 23.5 Å². The van der Waals surface area contributed by atoms with Gasteiger partial charge in [-0.1, -0.05) is 0 Å². The van der Waals surface area contributed by atoms with Crippen molar-refractivity contribution in [1.82, 2.24) is 5.43 Å². The van der Waals surface area contributed by atoms with E-state index in [0.29, 0.717) is 22.6 Å². The lowest BCUT2D eigenvalue weighted by Gasteiger charge is -2.05. The van der Waals surface area contributed by atoms with Gasteiger partial charge < -0.3 is 15.2 Å². The van der Waals surface area contributed by atoms with Crippen molar-refractivity contribution < 1.29 is 19.4 Å². The maximum atomic E-state index is 12.1. The third-order valence-corrected chi connectivity index (χ3v) is 3.95. The molecule has 1 aliphatic carbocycles. The second-order valence-corrected chi connectivity index (χ2v) is 5.97. The molecule has 0 aliphatic heterocycles. The molecular weight excluding hydrogens is 334 g/mol. The summed E-state index contributed by atoms with van der Waals surface area (Å²) >= 11 is 0. The number of nitrogens with zero attached hydrogens (tertiary/aromatic N) is 1. The molecule has 0 bridgehead atoms. The number of ether oxygens (including phenoxy) is 1. The number of methoxy groups -OCH3 is 1. The van der Waals surface area contributed by atoms with Gasteiger partial charge in [0, 0.05) is 17.2 Å². The average molecular weight is 353 g/mol. The predicted molar refractivity (Wildman–Crippen MR) is 97.5 cm³/mol. The van der Waals surface area contributed by atoms with Crippen LogP contribution in [-0.2, 0) is 4.79 Å². The summed E-state index contributed by atoms with van der Waals surface area (Å²) in [4.78, 5) is 23.8. The van der Waals surface area contributed by atoms with E-state index in [4.69, 9.17) is 4.74 Å². The molecule has 2 aromatic rings. The summed E-state index contributed by atoms with van der Waals surface area (Å²) in [6.07, 6.45) is 3.33. The van der Waals surface area contributed by atoms with Gasteiger partial charge in [-0.3, -0.25) is 9.59 Å². The standard InChI is InChI=1S/C19H19N3O4/c1-26-17-10-12(2-9-16(17)23)11-20-22-19(25)14-5-7-15(8-6-14)21-18(24)13-3-4-13/h2,5-11,13,23H,3-4H2,1H3,(H,21,24)(H,22,25). The lowest BCUT2D eigenvalue weighted by molar-refractivity contribution is -0.117. The normalized spacial score (nSPS) is 13.4. The van der Waals surface area contributed by atoms with Crippen molar-refractivity contribution in [3.05, 3.63) is 53.6 Å². The fourth-order valence-electron chi connectivity index (χ4n) is 2.30. The Morgan fingerprint density at radius 3 is 2.58 bits per heavy atom. The molecule has 1 aliphatic rings. The number of phenolic OH excluding ortho intramolecular Hbond substituents is 1. The van der Waals surface area contributed by atoms with E-state index in [0.717, 1.165) is 12.8 Å². The first-order chi connectivity index (χ1) is 12.6. The van der Waals surface area contributed by atoms with Crippen LogP contribution in [0.4, 0.5) is 5.69 Å². The van der Waals surface area contributed by atoms with Gasteiger partial charge in [0.25, 0.3) is 5.91 Å². The molecule has 0 unspecified atom stereocenters. The summed E-state index contributed by atoms with van der Waals surface area (Å²) in [6.45, 7) is 0. The van der Waals surface area contributed by atoms with E-state index < -0.39 is 0 Å². The number of amides is 2. The smallest absolute Gasteiger partial charge is 0.271 e. The Morgan fingerprint density at radius 1 is 1.19 bits per heavy atom. The quantitative estimate of drug-likeness (QED) is 0.549. The molecule has 26 heavy (non-hydrogen) atoms. The zero-order valence-corrected chi connectivity index (χ0v) is 14.2. The maximum absolute atomic E-state index is 12.1. The van der Waals surface area contributed by atoms with Crippen LogP contribution in [0.3, 0.4) is 0 Å². The first-order valence-electron chi connectivity index (χ1n) is 8.18. The van der Waals surface area contributed by atoms with Gasteiger partial charge in [0.15, 0.2) is 11.5 Å². The summed E-state index contributed by atoms with van der Waals surface area (Å²) in [7, 11) is 1.45. The molecule has 1 saturated carbocycles. The fourth-order valence-corrected chi connectivity index (χ4v) is 2.30.